The third-order valence-electron chi connectivity index (χ3n) is 2.82. The highest BCUT2D eigenvalue weighted by molar-refractivity contribution is 5.86. The fourth-order valence-corrected chi connectivity index (χ4v) is 1.86. The van der Waals surface area contributed by atoms with Gasteiger partial charge in [-0.05, 0) is 13.3 Å². The van der Waals surface area contributed by atoms with Gasteiger partial charge in [-0.3, -0.25) is 5.10 Å². The first-order chi connectivity index (χ1) is 10.3. The summed E-state index contributed by atoms with van der Waals surface area (Å²) in [7, 11) is 0. The molecule has 0 radical (unpaired) electrons. The van der Waals surface area contributed by atoms with Crippen LogP contribution in [0.15, 0.2) is 10.7 Å². The SMILES string of the molecule is CCCNc1nc(NCc2nc(C)no2)c2cn[nH]c2n1. The maximum Gasteiger partial charge on any atom is 0.245 e. The third-order valence-corrected chi connectivity index (χ3v) is 2.82. The molecule has 21 heavy (non-hydrogen) atoms. The van der Waals surface area contributed by atoms with Crippen molar-refractivity contribution in [1.82, 2.24) is 30.3 Å². The van der Waals surface area contributed by atoms with E-state index < -0.39 is 0 Å². The van der Waals surface area contributed by atoms with E-state index >= 15 is 0 Å². The second kappa shape index (κ2) is 5.73. The lowest BCUT2D eigenvalue weighted by atomic mass is 10.4. The van der Waals surface area contributed by atoms with Crippen LogP contribution in [0.5, 0.6) is 0 Å². The van der Waals surface area contributed by atoms with Crippen LogP contribution in [0.25, 0.3) is 11.0 Å². The maximum absolute atomic E-state index is 5.07. The molecule has 3 N–H and O–H groups in total. The first kappa shape index (κ1) is 13.3. The summed E-state index contributed by atoms with van der Waals surface area (Å²) in [6.07, 6.45) is 2.68. The Morgan fingerprint density at radius 1 is 1.24 bits per heavy atom. The number of H-pyrrole nitrogens is 1. The van der Waals surface area contributed by atoms with Gasteiger partial charge >= 0.3 is 0 Å². The predicted molar refractivity (Wildman–Crippen MR) is 76.8 cm³/mol. The molecule has 0 amide bonds. The number of nitrogens with zero attached hydrogens (tertiary/aromatic N) is 5. The summed E-state index contributed by atoms with van der Waals surface area (Å²) in [4.78, 5) is 13.0. The summed E-state index contributed by atoms with van der Waals surface area (Å²) >= 11 is 0. The van der Waals surface area contributed by atoms with E-state index in [2.05, 4.69) is 47.9 Å². The molecule has 0 aromatic carbocycles. The lowest BCUT2D eigenvalue weighted by Gasteiger charge is -2.07. The van der Waals surface area contributed by atoms with Crippen LogP contribution in [-0.2, 0) is 6.54 Å². The highest BCUT2D eigenvalue weighted by atomic mass is 16.5. The Balaban J connectivity index is 1.83. The topological polar surface area (TPSA) is 117 Å². The molecule has 3 aromatic heterocycles. The fourth-order valence-electron chi connectivity index (χ4n) is 1.86. The van der Waals surface area contributed by atoms with Crippen molar-refractivity contribution in [3.8, 4) is 0 Å². The average molecular weight is 288 g/mol. The predicted octanol–water partition coefficient (Wildman–Crippen LogP) is 1.48. The van der Waals surface area contributed by atoms with E-state index in [1.54, 1.807) is 13.1 Å². The van der Waals surface area contributed by atoms with Crippen molar-refractivity contribution >= 4 is 22.8 Å². The zero-order valence-electron chi connectivity index (χ0n) is 11.8. The van der Waals surface area contributed by atoms with Gasteiger partial charge in [0.25, 0.3) is 0 Å². The van der Waals surface area contributed by atoms with E-state index in [-0.39, 0.29) is 0 Å². The molecule has 0 aliphatic carbocycles. The van der Waals surface area contributed by atoms with E-state index in [1.807, 2.05) is 0 Å². The Kier molecular flexibility index (Phi) is 3.63. The van der Waals surface area contributed by atoms with Crippen molar-refractivity contribution in [2.24, 2.45) is 0 Å². The van der Waals surface area contributed by atoms with Crippen LogP contribution in [0.2, 0.25) is 0 Å². The van der Waals surface area contributed by atoms with Crippen molar-refractivity contribution in [2.45, 2.75) is 26.8 Å². The molecular weight excluding hydrogens is 272 g/mol. The molecule has 0 saturated heterocycles. The van der Waals surface area contributed by atoms with E-state index in [1.165, 1.54) is 0 Å². The van der Waals surface area contributed by atoms with Gasteiger partial charge in [0.05, 0.1) is 18.1 Å². The molecule has 0 spiro atoms. The monoisotopic (exact) mass is 288 g/mol. The lowest BCUT2D eigenvalue weighted by Crippen LogP contribution is -2.08. The largest absolute Gasteiger partial charge is 0.360 e. The number of anilines is 2. The quantitative estimate of drug-likeness (QED) is 0.624. The molecule has 9 nitrogen and oxygen atoms in total. The van der Waals surface area contributed by atoms with Crippen LogP contribution >= 0.6 is 0 Å². The van der Waals surface area contributed by atoms with Crippen molar-refractivity contribution in [2.75, 3.05) is 17.2 Å². The van der Waals surface area contributed by atoms with Gasteiger partial charge in [0, 0.05) is 6.54 Å². The molecule has 0 aliphatic heterocycles. The third kappa shape index (κ3) is 2.91. The summed E-state index contributed by atoms with van der Waals surface area (Å²) in [6.45, 7) is 5.06. The maximum atomic E-state index is 5.07. The summed E-state index contributed by atoms with van der Waals surface area (Å²) in [5, 5.41) is 17.7. The number of aryl methyl sites for hydroxylation is 1. The summed E-state index contributed by atoms with van der Waals surface area (Å²) in [5.74, 6) is 2.33. The molecule has 9 heteroatoms. The van der Waals surface area contributed by atoms with E-state index in [0.717, 1.165) is 18.4 Å². The van der Waals surface area contributed by atoms with Crippen molar-refractivity contribution in [1.29, 1.82) is 0 Å². The molecule has 0 fully saturated rings. The number of aromatic nitrogens is 6. The van der Waals surface area contributed by atoms with Crippen LogP contribution in [0.3, 0.4) is 0 Å². The second-order valence-corrected chi connectivity index (χ2v) is 4.54. The first-order valence-electron chi connectivity index (χ1n) is 6.74. The summed E-state index contributed by atoms with van der Waals surface area (Å²) < 4.78 is 5.07. The number of nitrogens with one attached hydrogen (secondary N) is 3. The Labute approximate surface area is 120 Å². The zero-order chi connectivity index (χ0) is 14.7. The molecular formula is C12H16N8O. The molecule has 0 unspecified atom stereocenters. The van der Waals surface area contributed by atoms with Crippen molar-refractivity contribution < 1.29 is 4.52 Å². The minimum Gasteiger partial charge on any atom is -0.360 e. The van der Waals surface area contributed by atoms with Crippen molar-refractivity contribution in [3.05, 3.63) is 17.9 Å². The van der Waals surface area contributed by atoms with Crippen LogP contribution in [0, 0.1) is 6.92 Å². The Hall–Kier alpha value is -2.71. The second-order valence-electron chi connectivity index (χ2n) is 4.54. The van der Waals surface area contributed by atoms with Crippen molar-refractivity contribution in [3.63, 3.8) is 0 Å². The first-order valence-corrected chi connectivity index (χ1v) is 6.74. The van der Waals surface area contributed by atoms with Gasteiger partial charge in [-0.25, -0.2) is 0 Å². The molecule has 3 rings (SSSR count). The van der Waals surface area contributed by atoms with Crippen LogP contribution in [0.4, 0.5) is 11.8 Å². The zero-order valence-corrected chi connectivity index (χ0v) is 11.8. The molecule has 110 valence electrons. The Morgan fingerprint density at radius 3 is 2.90 bits per heavy atom. The van der Waals surface area contributed by atoms with Crippen LogP contribution in [-0.4, -0.2) is 36.9 Å². The molecule has 0 aliphatic rings. The van der Waals surface area contributed by atoms with Gasteiger partial charge < -0.3 is 15.2 Å². The van der Waals surface area contributed by atoms with Gasteiger partial charge in [0.1, 0.15) is 5.82 Å². The summed E-state index contributed by atoms with van der Waals surface area (Å²) in [5.41, 5.74) is 0.674. The lowest BCUT2D eigenvalue weighted by molar-refractivity contribution is 0.379. The number of hydrogen-bond donors (Lipinski definition) is 3. The Bertz CT molecular complexity index is 734. The molecule has 0 saturated carbocycles. The minimum absolute atomic E-state index is 0.394. The number of rotatable bonds is 6. The Morgan fingerprint density at radius 2 is 2.14 bits per heavy atom. The highest BCUT2D eigenvalue weighted by Gasteiger charge is 2.10. The van der Waals surface area contributed by atoms with E-state index in [9.17, 15) is 0 Å². The summed E-state index contributed by atoms with van der Waals surface area (Å²) in [6, 6.07) is 0. The number of fused-ring (bicyclic) bond motifs is 1. The molecule has 3 heterocycles. The number of hydrogen-bond acceptors (Lipinski definition) is 8. The number of aromatic amines is 1. The highest BCUT2D eigenvalue weighted by Crippen LogP contribution is 2.20. The standard InChI is InChI=1S/C12H16N8O/c1-3-4-13-12-17-10(8-5-15-19-11(8)18-12)14-6-9-16-7(2)20-21-9/h5H,3-4,6H2,1-2H3,(H3,13,14,15,17,18,19). The normalized spacial score (nSPS) is 11.0. The van der Waals surface area contributed by atoms with E-state index in [0.29, 0.717) is 35.7 Å². The van der Waals surface area contributed by atoms with Crippen LogP contribution in [0.1, 0.15) is 25.1 Å². The molecule has 0 bridgehead atoms. The van der Waals surface area contributed by atoms with Gasteiger partial charge in [-0.2, -0.15) is 20.1 Å². The minimum atomic E-state index is 0.394. The average Bonchev–Trinajstić information content (AvgIpc) is 3.11. The molecule has 0 atom stereocenters. The van der Waals surface area contributed by atoms with Gasteiger partial charge in [0.15, 0.2) is 11.5 Å². The van der Waals surface area contributed by atoms with Crippen LogP contribution < -0.4 is 10.6 Å². The molecule has 3 aromatic rings. The fraction of sp³-hybridized carbons (Fsp3) is 0.417. The van der Waals surface area contributed by atoms with Gasteiger partial charge in [-0.15, -0.1) is 0 Å². The van der Waals surface area contributed by atoms with Gasteiger partial charge in [-0.1, -0.05) is 12.1 Å². The smallest absolute Gasteiger partial charge is 0.245 e. The van der Waals surface area contributed by atoms with Gasteiger partial charge in [0.2, 0.25) is 11.8 Å². The van der Waals surface area contributed by atoms with E-state index in [4.69, 9.17) is 4.52 Å².